The van der Waals surface area contributed by atoms with E-state index >= 15 is 0 Å². The summed E-state index contributed by atoms with van der Waals surface area (Å²) in [5.74, 6) is -0.867. The number of carbonyl (C=O) groups is 2. The van der Waals surface area contributed by atoms with Gasteiger partial charge in [-0.05, 0) is 36.2 Å². The molecular formula is C20H23ClN2O4. The van der Waals surface area contributed by atoms with Crippen molar-refractivity contribution in [3.05, 3.63) is 64.7 Å². The van der Waals surface area contributed by atoms with E-state index < -0.39 is 17.4 Å². The number of hydrogen-bond acceptors (Lipinski definition) is 4. The Bertz CT molecular complexity index is 791. The third-order valence-corrected chi connectivity index (χ3v) is 4.35. The Morgan fingerprint density at radius 3 is 2.33 bits per heavy atom. The molecule has 0 spiro atoms. The van der Waals surface area contributed by atoms with Crippen LogP contribution in [-0.2, 0) is 22.6 Å². The molecule has 2 amide bonds. The molecule has 144 valence electrons. The van der Waals surface area contributed by atoms with Gasteiger partial charge in [0.05, 0.1) is 12.7 Å². The van der Waals surface area contributed by atoms with E-state index in [4.69, 9.17) is 16.3 Å². The molecule has 0 fully saturated rings. The quantitative estimate of drug-likeness (QED) is 0.631. The molecule has 0 aliphatic rings. The average Bonchev–Trinajstić information content (AvgIpc) is 2.65. The summed E-state index contributed by atoms with van der Waals surface area (Å²) in [5, 5.41) is 16.0. The van der Waals surface area contributed by atoms with Crippen LogP contribution in [-0.4, -0.2) is 36.2 Å². The van der Waals surface area contributed by atoms with Gasteiger partial charge in [-0.25, -0.2) is 0 Å². The monoisotopic (exact) mass is 390 g/mol. The van der Waals surface area contributed by atoms with Gasteiger partial charge in [-0.1, -0.05) is 41.9 Å². The highest BCUT2D eigenvalue weighted by molar-refractivity contribution is 6.35. The molecule has 0 heterocycles. The van der Waals surface area contributed by atoms with Crippen LogP contribution in [0, 0.1) is 0 Å². The van der Waals surface area contributed by atoms with Gasteiger partial charge in [-0.3, -0.25) is 9.59 Å². The summed E-state index contributed by atoms with van der Waals surface area (Å²) >= 11 is 6.01. The Kier molecular flexibility index (Phi) is 7.21. The van der Waals surface area contributed by atoms with Crippen LogP contribution in [0.15, 0.2) is 48.5 Å². The molecule has 2 aromatic carbocycles. The van der Waals surface area contributed by atoms with E-state index in [0.29, 0.717) is 17.0 Å². The lowest BCUT2D eigenvalue weighted by Gasteiger charge is -2.23. The molecule has 0 bridgehead atoms. The third-order valence-electron chi connectivity index (χ3n) is 3.98. The highest BCUT2D eigenvalue weighted by Gasteiger charge is 2.24. The van der Waals surface area contributed by atoms with Gasteiger partial charge in [0.1, 0.15) is 5.75 Å². The van der Waals surface area contributed by atoms with Crippen LogP contribution in [0.25, 0.3) is 0 Å². The smallest absolute Gasteiger partial charge is 0.309 e. The van der Waals surface area contributed by atoms with Crippen LogP contribution in [0.2, 0.25) is 5.02 Å². The number of aliphatic hydroxyl groups is 1. The Morgan fingerprint density at radius 2 is 1.70 bits per heavy atom. The summed E-state index contributed by atoms with van der Waals surface area (Å²) in [4.78, 5) is 23.9. The molecule has 0 aromatic heterocycles. The van der Waals surface area contributed by atoms with Crippen molar-refractivity contribution in [3.63, 3.8) is 0 Å². The molecule has 2 aromatic rings. The van der Waals surface area contributed by atoms with E-state index in [2.05, 4.69) is 10.6 Å². The SMILES string of the molecule is COc1ccc(CC(C)(O)CNC(=O)C(=O)NCc2ccccc2Cl)cc1. The predicted octanol–water partition coefficient (Wildman–Crippen LogP) is 2.07. The number of methoxy groups -OCH3 is 1. The first kappa shape index (κ1) is 20.7. The summed E-state index contributed by atoms with van der Waals surface area (Å²) in [5.41, 5.74) is 0.401. The Labute approximate surface area is 163 Å². The summed E-state index contributed by atoms with van der Waals surface area (Å²) in [7, 11) is 1.58. The third kappa shape index (κ3) is 6.58. The minimum absolute atomic E-state index is 0.0582. The van der Waals surface area contributed by atoms with Crippen LogP contribution < -0.4 is 15.4 Å². The maximum absolute atomic E-state index is 11.9. The predicted molar refractivity (Wildman–Crippen MR) is 104 cm³/mol. The van der Waals surface area contributed by atoms with Crippen LogP contribution >= 0.6 is 11.6 Å². The van der Waals surface area contributed by atoms with Crippen molar-refractivity contribution in [1.82, 2.24) is 10.6 Å². The van der Waals surface area contributed by atoms with Crippen molar-refractivity contribution in [2.75, 3.05) is 13.7 Å². The van der Waals surface area contributed by atoms with Gasteiger partial charge in [0.25, 0.3) is 0 Å². The molecule has 0 saturated heterocycles. The summed E-state index contributed by atoms with van der Waals surface area (Å²) in [6.07, 6.45) is 0.318. The van der Waals surface area contributed by atoms with Crippen molar-refractivity contribution >= 4 is 23.4 Å². The van der Waals surface area contributed by atoms with Gasteiger partial charge < -0.3 is 20.5 Å². The number of amides is 2. The fourth-order valence-corrected chi connectivity index (χ4v) is 2.70. The lowest BCUT2D eigenvalue weighted by molar-refractivity contribution is -0.139. The van der Waals surface area contributed by atoms with Crippen LogP contribution in [0.4, 0.5) is 0 Å². The van der Waals surface area contributed by atoms with Crippen LogP contribution in [0.3, 0.4) is 0 Å². The van der Waals surface area contributed by atoms with Crippen LogP contribution in [0.5, 0.6) is 5.75 Å². The van der Waals surface area contributed by atoms with Gasteiger partial charge in [0.15, 0.2) is 0 Å². The van der Waals surface area contributed by atoms with E-state index in [0.717, 1.165) is 11.3 Å². The lowest BCUT2D eigenvalue weighted by Crippen LogP contribution is -2.47. The summed E-state index contributed by atoms with van der Waals surface area (Å²) in [6.45, 7) is 1.69. The van der Waals surface area contributed by atoms with Crippen molar-refractivity contribution in [3.8, 4) is 5.75 Å². The normalized spacial score (nSPS) is 12.7. The molecule has 1 atom stereocenters. The molecule has 6 nitrogen and oxygen atoms in total. The molecular weight excluding hydrogens is 368 g/mol. The second-order valence-electron chi connectivity index (χ2n) is 6.48. The number of benzene rings is 2. The highest BCUT2D eigenvalue weighted by Crippen LogP contribution is 2.17. The topological polar surface area (TPSA) is 87.7 Å². The number of nitrogens with one attached hydrogen (secondary N) is 2. The minimum atomic E-state index is -1.20. The Balaban J connectivity index is 1.81. The largest absolute Gasteiger partial charge is 0.497 e. The maximum Gasteiger partial charge on any atom is 0.309 e. The maximum atomic E-state index is 11.9. The standard InChI is InChI=1S/C20H23ClN2O4/c1-20(26,11-14-7-9-16(27-2)10-8-14)13-23-19(25)18(24)22-12-15-5-3-4-6-17(15)21/h3-10,26H,11-13H2,1-2H3,(H,22,24)(H,23,25). The Hall–Kier alpha value is -2.57. The molecule has 3 N–H and O–H groups in total. The van der Waals surface area contributed by atoms with E-state index in [-0.39, 0.29) is 13.1 Å². The molecule has 27 heavy (non-hydrogen) atoms. The fourth-order valence-electron chi connectivity index (χ4n) is 2.49. The van der Waals surface area contributed by atoms with E-state index in [9.17, 15) is 14.7 Å². The Morgan fingerprint density at radius 1 is 1.07 bits per heavy atom. The molecule has 0 saturated carbocycles. The minimum Gasteiger partial charge on any atom is -0.497 e. The van der Waals surface area contributed by atoms with E-state index in [1.54, 1.807) is 50.4 Å². The summed E-state index contributed by atoms with van der Waals surface area (Å²) < 4.78 is 5.09. The van der Waals surface area contributed by atoms with Gasteiger partial charge in [0, 0.05) is 24.5 Å². The fraction of sp³-hybridized carbons (Fsp3) is 0.300. The van der Waals surface area contributed by atoms with E-state index in [1.807, 2.05) is 12.1 Å². The van der Waals surface area contributed by atoms with Gasteiger partial charge in [-0.15, -0.1) is 0 Å². The second-order valence-corrected chi connectivity index (χ2v) is 6.89. The average molecular weight is 391 g/mol. The molecule has 1 unspecified atom stereocenters. The van der Waals surface area contributed by atoms with Crippen molar-refractivity contribution in [2.45, 2.75) is 25.5 Å². The van der Waals surface area contributed by atoms with E-state index in [1.165, 1.54) is 0 Å². The van der Waals surface area contributed by atoms with Crippen LogP contribution in [0.1, 0.15) is 18.1 Å². The van der Waals surface area contributed by atoms with Crippen molar-refractivity contribution in [2.24, 2.45) is 0 Å². The highest BCUT2D eigenvalue weighted by atomic mass is 35.5. The number of halogens is 1. The zero-order valence-electron chi connectivity index (χ0n) is 15.3. The van der Waals surface area contributed by atoms with Crippen molar-refractivity contribution < 1.29 is 19.4 Å². The first-order valence-corrected chi connectivity index (χ1v) is 8.83. The van der Waals surface area contributed by atoms with Gasteiger partial charge in [0.2, 0.25) is 0 Å². The number of hydrogen-bond donors (Lipinski definition) is 3. The first-order chi connectivity index (χ1) is 12.8. The molecule has 0 aliphatic carbocycles. The zero-order chi connectivity index (χ0) is 19.9. The summed E-state index contributed by atoms with van der Waals surface area (Å²) in [6, 6.07) is 14.3. The lowest BCUT2D eigenvalue weighted by atomic mass is 9.96. The number of carbonyl (C=O) groups excluding carboxylic acids is 2. The number of ether oxygens (including phenoxy) is 1. The second kappa shape index (κ2) is 9.39. The molecule has 0 aliphatic heterocycles. The van der Waals surface area contributed by atoms with Crippen molar-refractivity contribution in [1.29, 1.82) is 0 Å². The van der Waals surface area contributed by atoms with Gasteiger partial charge >= 0.3 is 11.8 Å². The number of rotatable bonds is 7. The zero-order valence-corrected chi connectivity index (χ0v) is 16.0. The first-order valence-electron chi connectivity index (χ1n) is 8.45. The molecule has 2 rings (SSSR count). The molecule has 7 heteroatoms. The molecule has 0 radical (unpaired) electrons. The van der Waals surface area contributed by atoms with Gasteiger partial charge in [-0.2, -0.15) is 0 Å².